The summed E-state index contributed by atoms with van der Waals surface area (Å²) in [4.78, 5) is 11.6. The first-order valence-corrected chi connectivity index (χ1v) is 5.59. The van der Waals surface area contributed by atoms with Crippen LogP contribution in [0.4, 0.5) is 0 Å². The first-order chi connectivity index (χ1) is 8.02. The van der Waals surface area contributed by atoms with Crippen LogP contribution < -0.4 is 5.32 Å². The number of nitrogens with zero attached hydrogens (tertiary/aromatic N) is 1. The molecular weight excluding hydrogens is 236 g/mol. The molecule has 1 N–H and O–H groups in total. The Labute approximate surface area is 106 Å². The summed E-state index contributed by atoms with van der Waals surface area (Å²) in [5.74, 6) is -0.373. The van der Waals surface area contributed by atoms with Crippen molar-refractivity contribution in [2.75, 3.05) is 0 Å². The van der Waals surface area contributed by atoms with Crippen molar-refractivity contribution in [2.45, 2.75) is 19.9 Å². The molecule has 0 aliphatic carbocycles. The van der Waals surface area contributed by atoms with Gasteiger partial charge in [-0.05, 0) is 37.6 Å². The van der Waals surface area contributed by atoms with Crippen molar-refractivity contribution in [3.8, 4) is 6.07 Å². The van der Waals surface area contributed by atoms with Crippen molar-refractivity contribution in [1.29, 1.82) is 5.26 Å². The molecule has 0 spiro atoms. The molecule has 0 fully saturated rings. The Bertz CT molecular complexity index is 486. The van der Waals surface area contributed by atoms with Crippen molar-refractivity contribution < 1.29 is 4.79 Å². The molecule has 0 aromatic heterocycles. The first-order valence-electron chi connectivity index (χ1n) is 5.21. The van der Waals surface area contributed by atoms with E-state index in [1.807, 2.05) is 19.9 Å². The molecule has 3 nitrogen and oxygen atoms in total. The van der Waals surface area contributed by atoms with Crippen molar-refractivity contribution in [3.63, 3.8) is 0 Å². The lowest BCUT2D eigenvalue weighted by atomic mass is 10.1. The predicted molar refractivity (Wildman–Crippen MR) is 68.3 cm³/mol. The van der Waals surface area contributed by atoms with E-state index in [0.717, 1.165) is 5.56 Å². The molecule has 0 bridgehead atoms. The fraction of sp³-hybridized carbons (Fsp3) is 0.231. The van der Waals surface area contributed by atoms with Gasteiger partial charge in [0.25, 0.3) is 5.91 Å². The van der Waals surface area contributed by atoms with Crippen LogP contribution in [-0.2, 0) is 4.79 Å². The van der Waals surface area contributed by atoms with Crippen LogP contribution in [-0.4, -0.2) is 11.9 Å². The number of rotatable bonds is 3. The maximum atomic E-state index is 11.6. The number of nitrogens with one attached hydrogen (secondary N) is 1. The normalized spacial score (nSPS) is 11.1. The van der Waals surface area contributed by atoms with Gasteiger partial charge in [0.2, 0.25) is 0 Å². The highest BCUT2D eigenvalue weighted by molar-refractivity contribution is 6.30. The fourth-order valence-corrected chi connectivity index (χ4v) is 1.45. The minimum absolute atomic E-state index is 0.00129. The molecule has 0 unspecified atom stereocenters. The zero-order chi connectivity index (χ0) is 12.8. The number of hydrogen-bond acceptors (Lipinski definition) is 2. The van der Waals surface area contributed by atoms with E-state index in [1.54, 1.807) is 24.3 Å². The summed E-state index contributed by atoms with van der Waals surface area (Å²) in [6.07, 6.45) is 1.52. The third kappa shape index (κ3) is 4.29. The molecule has 4 heteroatoms. The van der Waals surface area contributed by atoms with Crippen LogP contribution in [0.2, 0.25) is 5.02 Å². The summed E-state index contributed by atoms with van der Waals surface area (Å²) < 4.78 is 0. The number of benzene rings is 1. The van der Waals surface area contributed by atoms with Gasteiger partial charge in [-0.25, -0.2) is 0 Å². The summed E-state index contributed by atoms with van der Waals surface area (Å²) >= 11 is 5.82. The average molecular weight is 249 g/mol. The predicted octanol–water partition coefficient (Wildman–Crippen LogP) is 2.77. The van der Waals surface area contributed by atoms with Crippen molar-refractivity contribution in [1.82, 2.24) is 5.32 Å². The quantitative estimate of drug-likeness (QED) is 0.661. The highest BCUT2D eigenvalue weighted by atomic mass is 35.5. The third-order valence-electron chi connectivity index (χ3n) is 1.94. The van der Waals surface area contributed by atoms with E-state index < -0.39 is 0 Å². The van der Waals surface area contributed by atoms with Gasteiger partial charge >= 0.3 is 0 Å². The molecule has 17 heavy (non-hydrogen) atoms. The monoisotopic (exact) mass is 248 g/mol. The summed E-state index contributed by atoms with van der Waals surface area (Å²) in [5, 5.41) is 12.2. The van der Waals surface area contributed by atoms with Gasteiger partial charge in [-0.2, -0.15) is 5.26 Å². The van der Waals surface area contributed by atoms with E-state index in [1.165, 1.54) is 6.08 Å². The second-order valence-electron chi connectivity index (χ2n) is 3.85. The zero-order valence-electron chi connectivity index (χ0n) is 9.70. The van der Waals surface area contributed by atoms with Crippen molar-refractivity contribution >= 4 is 23.6 Å². The second-order valence-corrected chi connectivity index (χ2v) is 4.29. The van der Waals surface area contributed by atoms with Gasteiger partial charge < -0.3 is 5.32 Å². The Morgan fingerprint density at radius 1 is 1.53 bits per heavy atom. The maximum Gasteiger partial charge on any atom is 0.262 e. The molecule has 0 heterocycles. The van der Waals surface area contributed by atoms with Crippen LogP contribution in [0.1, 0.15) is 19.4 Å². The van der Waals surface area contributed by atoms with Gasteiger partial charge in [0.1, 0.15) is 11.6 Å². The third-order valence-corrected chi connectivity index (χ3v) is 2.18. The Morgan fingerprint density at radius 3 is 2.76 bits per heavy atom. The van der Waals surface area contributed by atoms with Crippen LogP contribution in [0.3, 0.4) is 0 Å². The minimum atomic E-state index is -0.373. The van der Waals surface area contributed by atoms with E-state index in [4.69, 9.17) is 16.9 Å². The van der Waals surface area contributed by atoms with E-state index in [9.17, 15) is 4.79 Å². The van der Waals surface area contributed by atoms with Crippen LogP contribution in [0, 0.1) is 11.3 Å². The number of carbonyl (C=O) groups excluding carboxylic acids is 1. The minimum Gasteiger partial charge on any atom is -0.349 e. The molecule has 0 atom stereocenters. The van der Waals surface area contributed by atoms with Crippen molar-refractivity contribution in [3.05, 3.63) is 40.4 Å². The summed E-state index contributed by atoms with van der Waals surface area (Å²) in [6.45, 7) is 3.68. The molecule has 1 amide bonds. The lowest BCUT2D eigenvalue weighted by molar-refractivity contribution is -0.117. The van der Waals surface area contributed by atoms with Crippen LogP contribution in [0.5, 0.6) is 0 Å². The molecule has 0 saturated heterocycles. The zero-order valence-corrected chi connectivity index (χ0v) is 10.5. The molecular formula is C13H13ClN2O. The standard InChI is InChI=1S/C13H13ClN2O/c1-9(2)16-13(17)11(8-15)6-10-4-3-5-12(14)7-10/h3-7,9H,1-2H3,(H,16,17)/b11-6+. The van der Waals surface area contributed by atoms with E-state index in [-0.39, 0.29) is 17.5 Å². The molecule has 0 aliphatic rings. The van der Waals surface area contributed by atoms with Gasteiger partial charge in [-0.3, -0.25) is 4.79 Å². The van der Waals surface area contributed by atoms with Gasteiger partial charge in [0, 0.05) is 11.1 Å². The van der Waals surface area contributed by atoms with Crippen LogP contribution in [0.25, 0.3) is 6.08 Å². The summed E-state index contributed by atoms with van der Waals surface area (Å²) in [5.41, 5.74) is 0.800. The number of hydrogen-bond donors (Lipinski definition) is 1. The number of carbonyl (C=O) groups is 1. The SMILES string of the molecule is CC(C)NC(=O)/C(C#N)=C/c1cccc(Cl)c1. The maximum absolute atomic E-state index is 11.6. The highest BCUT2D eigenvalue weighted by Gasteiger charge is 2.09. The smallest absolute Gasteiger partial charge is 0.262 e. The molecule has 1 aromatic rings. The van der Waals surface area contributed by atoms with Crippen LogP contribution in [0.15, 0.2) is 29.8 Å². The fourth-order valence-electron chi connectivity index (χ4n) is 1.25. The summed E-state index contributed by atoms with van der Waals surface area (Å²) in [6, 6.07) is 8.86. The van der Waals surface area contributed by atoms with E-state index >= 15 is 0 Å². The van der Waals surface area contributed by atoms with Crippen molar-refractivity contribution in [2.24, 2.45) is 0 Å². The van der Waals surface area contributed by atoms with Gasteiger partial charge in [0.15, 0.2) is 0 Å². The number of nitriles is 1. The Hall–Kier alpha value is -1.79. The molecule has 88 valence electrons. The van der Waals surface area contributed by atoms with E-state index in [2.05, 4.69) is 5.32 Å². The molecule has 0 saturated carbocycles. The Kier molecular flexibility index (Phi) is 4.74. The number of amides is 1. The Morgan fingerprint density at radius 2 is 2.24 bits per heavy atom. The summed E-state index contributed by atoms with van der Waals surface area (Å²) in [7, 11) is 0. The molecule has 1 aromatic carbocycles. The lowest BCUT2D eigenvalue weighted by Crippen LogP contribution is -2.30. The highest BCUT2D eigenvalue weighted by Crippen LogP contribution is 2.13. The molecule has 0 aliphatic heterocycles. The van der Waals surface area contributed by atoms with Gasteiger partial charge in [-0.15, -0.1) is 0 Å². The Balaban J connectivity index is 2.95. The van der Waals surface area contributed by atoms with Gasteiger partial charge in [0.05, 0.1) is 0 Å². The lowest BCUT2D eigenvalue weighted by Gasteiger charge is -2.06. The molecule has 0 radical (unpaired) electrons. The number of halogens is 1. The van der Waals surface area contributed by atoms with Gasteiger partial charge in [-0.1, -0.05) is 23.7 Å². The topological polar surface area (TPSA) is 52.9 Å². The largest absolute Gasteiger partial charge is 0.349 e. The second kappa shape index (κ2) is 6.07. The average Bonchev–Trinajstić information content (AvgIpc) is 2.24. The van der Waals surface area contributed by atoms with E-state index in [0.29, 0.717) is 5.02 Å². The first kappa shape index (κ1) is 13.3. The molecule has 1 rings (SSSR count). The van der Waals surface area contributed by atoms with Crippen LogP contribution >= 0.6 is 11.6 Å².